The van der Waals surface area contributed by atoms with E-state index in [0.717, 1.165) is 13.2 Å². The number of hydrogen-bond acceptors (Lipinski definition) is 3. The van der Waals surface area contributed by atoms with E-state index in [4.69, 9.17) is 0 Å². The highest BCUT2D eigenvalue weighted by molar-refractivity contribution is 8.00. The molecule has 0 amide bonds. The summed E-state index contributed by atoms with van der Waals surface area (Å²) in [6.45, 7) is 0. The van der Waals surface area contributed by atoms with E-state index in [1.54, 1.807) is 0 Å². The molecule has 0 bridgehead atoms. The van der Waals surface area contributed by atoms with Crippen molar-refractivity contribution in [2.45, 2.75) is 16.6 Å². The molecule has 0 aliphatic rings. The fraction of sp³-hybridized carbons (Fsp3) is 0.300. The van der Waals surface area contributed by atoms with Crippen molar-refractivity contribution in [2.75, 3.05) is 7.11 Å². The maximum absolute atomic E-state index is 12.7. The van der Waals surface area contributed by atoms with Crippen LogP contribution in [0, 0.1) is 0 Å². The van der Waals surface area contributed by atoms with E-state index in [1.165, 1.54) is 18.2 Å². The van der Waals surface area contributed by atoms with Gasteiger partial charge in [0.25, 0.3) is 0 Å². The minimum atomic E-state index is -4.19. The van der Waals surface area contributed by atoms with Crippen molar-refractivity contribution in [3.63, 3.8) is 0 Å². The van der Waals surface area contributed by atoms with Crippen molar-refractivity contribution in [3.05, 3.63) is 29.8 Å². The molecule has 17 heavy (non-hydrogen) atoms. The van der Waals surface area contributed by atoms with E-state index in [-0.39, 0.29) is 22.2 Å². The quantitative estimate of drug-likeness (QED) is 0.475. The van der Waals surface area contributed by atoms with Crippen molar-refractivity contribution < 1.29 is 27.1 Å². The van der Waals surface area contributed by atoms with Gasteiger partial charge < -0.3 is 4.74 Å². The number of benzene rings is 1. The molecule has 0 atom stereocenters. The molecule has 7 heteroatoms. The third-order valence-electron chi connectivity index (χ3n) is 1.76. The van der Waals surface area contributed by atoms with Crippen molar-refractivity contribution in [3.8, 4) is 0 Å². The second-order valence-corrected chi connectivity index (χ2v) is 4.20. The van der Waals surface area contributed by atoms with Crippen LogP contribution in [0.4, 0.5) is 17.6 Å². The second kappa shape index (κ2) is 5.39. The van der Waals surface area contributed by atoms with Crippen LogP contribution >= 0.6 is 11.8 Å². The number of esters is 1. The number of rotatable bonds is 4. The first kappa shape index (κ1) is 13.8. The minimum Gasteiger partial charge on any atom is -0.465 e. The van der Waals surface area contributed by atoms with Gasteiger partial charge in [0.1, 0.15) is 0 Å². The molecule has 0 saturated heterocycles. The van der Waals surface area contributed by atoms with E-state index in [9.17, 15) is 22.4 Å². The summed E-state index contributed by atoms with van der Waals surface area (Å²) in [6, 6.07) is 4.95. The number of methoxy groups -OCH3 is 1. The maximum Gasteiger partial charge on any atom is 0.357 e. The van der Waals surface area contributed by atoms with E-state index >= 15 is 0 Å². The monoisotopic (exact) mass is 268 g/mol. The van der Waals surface area contributed by atoms with Crippen LogP contribution in [0.2, 0.25) is 0 Å². The summed E-state index contributed by atoms with van der Waals surface area (Å²) >= 11 is -0.295. The van der Waals surface area contributed by atoms with E-state index < -0.39 is 17.6 Å². The highest BCUT2D eigenvalue weighted by Gasteiger charge is 2.42. The third-order valence-corrected chi connectivity index (χ3v) is 2.70. The summed E-state index contributed by atoms with van der Waals surface area (Å²) in [4.78, 5) is 11.0. The molecule has 0 spiro atoms. The maximum atomic E-state index is 12.7. The molecule has 1 rings (SSSR count). The molecule has 0 radical (unpaired) electrons. The number of hydrogen-bond donors (Lipinski definition) is 0. The largest absolute Gasteiger partial charge is 0.465 e. The first-order valence-electron chi connectivity index (χ1n) is 4.40. The third kappa shape index (κ3) is 3.62. The smallest absolute Gasteiger partial charge is 0.357 e. The predicted octanol–water partition coefficient (Wildman–Crippen LogP) is 3.42. The van der Waals surface area contributed by atoms with Gasteiger partial charge in [-0.3, -0.25) is 0 Å². The van der Waals surface area contributed by atoms with Crippen LogP contribution in [-0.4, -0.2) is 24.8 Å². The van der Waals surface area contributed by atoms with Gasteiger partial charge in [-0.25, -0.2) is 13.6 Å². The Morgan fingerprint density at radius 1 is 1.41 bits per heavy atom. The Balaban J connectivity index is 2.90. The van der Waals surface area contributed by atoms with Gasteiger partial charge in [-0.1, -0.05) is 6.07 Å². The van der Waals surface area contributed by atoms with Crippen molar-refractivity contribution in [2.24, 2.45) is 0 Å². The molecule has 0 saturated carbocycles. The van der Waals surface area contributed by atoms with Gasteiger partial charge in [0, 0.05) is 4.90 Å². The second-order valence-electron chi connectivity index (χ2n) is 2.98. The lowest BCUT2D eigenvalue weighted by Crippen LogP contribution is -2.21. The molecule has 1 aromatic carbocycles. The van der Waals surface area contributed by atoms with E-state index in [1.807, 2.05) is 0 Å². The van der Waals surface area contributed by atoms with Crippen LogP contribution in [0.15, 0.2) is 29.2 Å². The van der Waals surface area contributed by atoms with Crippen molar-refractivity contribution >= 4 is 17.7 Å². The number of ether oxygens (including phenoxy) is 1. The van der Waals surface area contributed by atoms with E-state index in [2.05, 4.69) is 4.74 Å². The summed E-state index contributed by atoms with van der Waals surface area (Å²) in [5.74, 6) is -0.715. The molecule has 0 aliphatic carbocycles. The van der Waals surface area contributed by atoms with Gasteiger partial charge in [-0.05, 0) is 30.0 Å². The molecular formula is C10H8F4O2S. The highest BCUT2D eigenvalue weighted by atomic mass is 32.2. The summed E-state index contributed by atoms with van der Waals surface area (Å²) < 4.78 is 53.8. The molecule has 0 N–H and O–H groups in total. The van der Waals surface area contributed by atoms with Crippen molar-refractivity contribution in [1.29, 1.82) is 0 Å². The molecule has 0 heterocycles. The number of carbonyl (C=O) groups is 1. The highest BCUT2D eigenvalue weighted by Crippen LogP contribution is 2.40. The Kier molecular flexibility index (Phi) is 4.39. The summed E-state index contributed by atoms with van der Waals surface area (Å²) in [5.41, 5.74) is 0.0302. The lowest BCUT2D eigenvalue weighted by molar-refractivity contribution is -0.0563. The zero-order chi connectivity index (χ0) is 13.1. The Morgan fingerprint density at radius 3 is 2.59 bits per heavy atom. The minimum absolute atomic E-state index is 0.0302. The first-order valence-corrected chi connectivity index (χ1v) is 5.22. The summed E-state index contributed by atoms with van der Waals surface area (Å²) in [5, 5.41) is -4.19. The van der Waals surface area contributed by atoms with Gasteiger partial charge in [-0.15, -0.1) is 0 Å². The summed E-state index contributed by atoms with van der Waals surface area (Å²) in [6.07, 6.45) is -3.77. The first-order chi connectivity index (χ1) is 7.86. The van der Waals surface area contributed by atoms with Crippen LogP contribution in [0.3, 0.4) is 0 Å². The molecule has 0 aliphatic heterocycles. The fourth-order valence-electron chi connectivity index (χ4n) is 1.01. The number of carbonyl (C=O) groups excluding carboxylic acids is 1. The van der Waals surface area contributed by atoms with Gasteiger partial charge in [0.2, 0.25) is 0 Å². The zero-order valence-electron chi connectivity index (χ0n) is 8.62. The SMILES string of the molecule is COC(=O)c1cccc(SC(F)(F)C(F)F)c1. The van der Waals surface area contributed by atoms with Crippen LogP contribution in [0.25, 0.3) is 0 Å². The number of thioether (sulfide) groups is 1. The molecule has 0 aromatic heterocycles. The Bertz CT molecular complexity index is 409. The summed E-state index contributed by atoms with van der Waals surface area (Å²) in [7, 11) is 1.13. The predicted molar refractivity (Wildman–Crippen MR) is 54.6 cm³/mol. The lowest BCUT2D eigenvalue weighted by atomic mass is 10.2. The topological polar surface area (TPSA) is 26.3 Å². The molecule has 1 aromatic rings. The average Bonchev–Trinajstić information content (AvgIpc) is 2.27. The average molecular weight is 268 g/mol. The fourth-order valence-corrected chi connectivity index (χ4v) is 1.74. The van der Waals surface area contributed by atoms with Gasteiger partial charge >= 0.3 is 17.6 Å². The number of alkyl halides is 4. The Labute approximate surface area is 99.0 Å². The molecule has 0 fully saturated rings. The van der Waals surface area contributed by atoms with Gasteiger partial charge in [0.05, 0.1) is 12.7 Å². The van der Waals surface area contributed by atoms with Crippen molar-refractivity contribution in [1.82, 2.24) is 0 Å². The lowest BCUT2D eigenvalue weighted by Gasteiger charge is -2.14. The van der Waals surface area contributed by atoms with E-state index in [0.29, 0.717) is 0 Å². The standard InChI is InChI=1S/C10H8F4O2S/c1-16-8(15)6-3-2-4-7(5-6)17-10(13,14)9(11)12/h2-5,9H,1H3. The molecule has 0 unspecified atom stereocenters. The Hall–Kier alpha value is -1.24. The molecule has 2 nitrogen and oxygen atoms in total. The van der Waals surface area contributed by atoms with Crippen LogP contribution in [-0.2, 0) is 4.74 Å². The van der Waals surface area contributed by atoms with Crippen LogP contribution < -0.4 is 0 Å². The molecular weight excluding hydrogens is 260 g/mol. The van der Waals surface area contributed by atoms with Gasteiger partial charge in [0.15, 0.2) is 0 Å². The molecule has 94 valence electrons. The van der Waals surface area contributed by atoms with Crippen LogP contribution in [0.1, 0.15) is 10.4 Å². The normalized spacial score (nSPS) is 11.6. The van der Waals surface area contributed by atoms with Gasteiger partial charge in [-0.2, -0.15) is 8.78 Å². The van der Waals surface area contributed by atoms with Crippen LogP contribution in [0.5, 0.6) is 0 Å². The zero-order valence-corrected chi connectivity index (χ0v) is 9.44. The number of halogens is 4. The Morgan fingerprint density at radius 2 is 2.06 bits per heavy atom.